The number of methoxy groups -OCH3 is 2. The van der Waals surface area contributed by atoms with Crippen LogP contribution in [-0.4, -0.2) is 61.3 Å². The molecule has 0 unspecified atom stereocenters. The van der Waals surface area contributed by atoms with Gasteiger partial charge in [0, 0.05) is 26.2 Å². The summed E-state index contributed by atoms with van der Waals surface area (Å²) in [6.07, 6.45) is 1.71. The van der Waals surface area contributed by atoms with Crippen molar-refractivity contribution in [3.63, 3.8) is 0 Å². The topological polar surface area (TPSA) is 80.7 Å². The van der Waals surface area contributed by atoms with Crippen LogP contribution in [0.4, 0.5) is 11.6 Å². The van der Waals surface area contributed by atoms with E-state index in [1.54, 1.807) is 30.7 Å². The van der Waals surface area contributed by atoms with E-state index in [9.17, 15) is 4.79 Å². The monoisotopic (exact) mass is 385 g/mol. The number of piperazine rings is 1. The second kappa shape index (κ2) is 7.36. The Morgan fingerprint density at radius 1 is 1.07 bits per heavy atom. The Balaban J connectivity index is 1.46. The molecule has 0 radical (unpaired) electrons. The van der Waals surface area contributed by atoms with Gasteiger partial charge in [0.05, 0.1) is 31.6 Å². The van der Waals surface area contributed by atoms with Gasteiger partial charge < -0.3 is 19.3 Å². The molecular formula is C18H19N5O3S. The highest BCUT2D eigenvalue weighted by Crippen LogP contribution is 2.30. The van der Waals surface area contributed by atoms with Gasteiger partial charge in [-0.1, -0.05) is 0 Å². The Hall–Kier alpha value is -2.94. The molecule has 1 aliphatic heterocycles. The van der Waals surface area contributed by atoms with Crippen LogP contribution in [0.25, 0.3) is 10.2 Å². The number of pyridine rings is 1. The van der Waals surface area contributed by atoms with Crippen LogP contribution in [0.15, 0.2) is 29.8 Å². The molecule has 3 aromatic heterocycles. The number of nitrogens with zero attached hydrogens (tertiary/aromatic N) is 5. The summed E-state index contributed by atoms with van der Waals surface area (Å²) < 4.78 is 11.1. The highest BCUT2D eigenvalue weighted by Gasteiger charge is 2.21. The maximum Gasteiger partial charge on any atom is 0.356 e. The Labute approximate surface area is 160 Å². The van der Waals surface area contributed by atoms with Crippen molar-refractivity contribution in [1.29, 1.82) is 0 Å². The lowest BCUT2D eigenvalue weighted by atomic mass is 10.2. The Kier molecular flexibility index (Phi) is 4.76. The normalized spacial score (nSPS) is 14.4. The number of ether oxygens (including phenoxy) is 2. The maximum atomic E-state index is 11.5. The molecule has 0 bridgehead atoms. The van der Waals surface area contributed by atoms with E-state index < -0.39 is 5.97 Å². The molecule has 3 aromatic rings. The second-order valence-electron chi connectivity index (χ2n) is 6.04. The zero-order valence-corrected chi connectivity index (χ0v) is 15.9. The van der Waals surface area contributed by atoms with Gasteiger partial charge in [-0.05, 0) is 23.6 Å². The summed E-state index contributed by atoms with van der Waals surface area (Å²) in [5.74, 6) is 0.882. The summed E-state index contributed by atoms with van der Waals surface area (Å²) in [4.78, 5) is 29.3. The summed E-state index contributed by atoms with van der Waals surface area (Å²) in [5, 5.41) is 1.99. The standard InChI is InChI=1S/C18H19N5O3S/c1-25-16-15-13(5-10-27-15)20-18(21-16)23-8-6-22(7-9-23)12-3-4-14(19-11-12)17(24)26-2/h3-5,10-11H,6-9H2,1-2H3. The molecule has 9 heteroatoms. The minimum absolute atomic E-state index is 0.310. The molecule has 4 rings (SSSR count). The number of carbonyl (C=O) groups is 1. The van der Waals surface area contributed by atoms with Gasteiger partial charge in [0.1, 0.15) is 10.4 Å². The van der Waals surface area contributed by atoms with E-state index in [-0.39, 0.29) is 0 Å². The summed E-state index contributed by atoms with van der Waals surface area (Å²) >= 11 is 1.58. The second-order valence-corrected chi connectivity index (χ2v) is 6.95. The summed E-state index contributed by atoms with van der Waals surface area (Å²) in [6, 6.07) is 5.57. The van der Waals surface area contributed by atoms with Gasteiger partial charge in [-0.25, -0.2) is 14.8 Å². The van der Waals surface area contributed by atoms with Crippen LogP contribution < -0.4 is 14.5 Å². The predicted molar refractivity (Wildman–Crippen MR) is 104 cm³/mol. The number of carbonyl (C=O) groups excluding carboxylic acids is 1. The van der Waals surface area contributed by atoms with Gasteiger partial charge in [-0.15, -0.1) is 11.3 Å². The van der Waals surface area contributed by atoms with Gasteiger partial charge in [0.25, 0.3) is 0 Å². The molecule has 0 atom stereocenters. The first-order valence-electron chi connectivity index (χ1n) is 8.53. The largest absolute Gasteiger partial charge is 0.480 e. The van der Waals surface area contributed by atoms with Crippen LogP contribution in [0.1, 0.15) is 10.5 Å². The lowest BCUT2D eigenvalue weighted by Gasteiger charge is -2.36. The van der Waals surface area contributed by atoms with Gasteiger partial charge >= 0.3 is 5.97 Å². The lowest BCUT2D eigenvalue weighted by Crippen LogP contribution is -2.47. The van der Waals surface area contributed by atoms with Crippen molar-refractivity contribution in [1.82, 2.24) is 15.0 Å². The SMILES string of the molecule is COC(=O)c1ccc(N2CCN(c3nc(OC)c4sccc4n3)CC2)cn1. The third kappa shape index (κ3) is 3.37. The highest BCUT2D eigenvalue weighted by atomic mass is 32.1. The molecule has 0 spiro atoms. The first-order chi connectivity index (χ1) is 13.2. The molecule has 0 aromatic carbocycles. The molecule has 1 aliphatic rings. The summed E-state index contributed by atoms with van der Waals surface area (Å²) in [5.41, 5.74) is 2.20. The van der Waals surface area contributed by atoms with Gasteiger partial charge in [-0.3, -0.25) is 0 Å². The molecule has 1 fully saturated rings. The number of hydrogen-bond acceptors (Lipinski definition) is 9. The van der Waals surface area contributed by atoms with Gasteiger partial charge in [-0.2, -0.15) is 4.98 Å². The van der Waals surface area contributed by atoms with Crippen LogP contribution >= 0.6 is 11.3 Å². The Morgan fingerprint density at radius 2 is 1.85 bits per heavy atom. The molecule has 8 nitrogen and oxygen atoms in total. The molecular weight excluding hydrogens is 366 g/mol. The fraction of sp³-hybridized carbons (Fsp3) is 0.333. The summed E-state index contributed by atoms with van der Waals surface area (Å²) in [6.45, 7) is 3.20. The van der Waals surface area contributed by atoms with E-state index in [4.69, 9.17) is 4.74 Å². The number of thiophene rings is 1. The average Bonchev–Trinajstić information content (AvgIpc) is 3.21. The first-order valence-corrected chi connectivity index (χ1v) is 9.41. The lowest BCUT2D eigenvalue weighted by molar-refractivity contribution is 0.0594. The molecule has 0 amide bonds. The number of aromatic nitrogens is 3. The fourth-order valence-corrected chi connectivity index (χ4v) is 3.87. The van der Waals surface area contributed by atoms with E-state index in [2.05, 4.69) is 29.5 Å². The number of hydrogen-bond donors (Lipinski definition) is 0. The zero-order valence-electron chi connectivity index (χ0n) is 15.1. The van der Waals surface area contributed by atoms with E-state index >= 15 is 0 Å². The first kappa shape index (κ1) is 17.5. The molecule has 140 valence electrons. The quantitative estimate of drug-likeness (QED) is 0.633. The number of rotatable bonds is 4. The van der Waals surface area contributed by atoms with Gasteiger partial charge in [0.15, 0.2) is 0 Å². The van der Waals surface area contributed by atoms with Crippen LogP contribution in [-0.2, 0) is 4.74 Å². The van der Waals surface area contributed by atoms with E-state index in [1.807, 2.05) is 17.5 Å². The smallest absolute Gasteiger partial charge is 0.356 e. The minimum Gasteiger partial charge on any atom is -0.480 e. The van der Waals surface area contributed by atoms with Crippen molar-refractivity contribution in [3.8, 4) is 5.88 Å². The fourth-order valence-electron chi connectivity index (χ4n) is 3.07. The van der Waals surface area contributed by atoms with E-state index in [1.165, 1.54) is 7.11 Å². The summed E-state index contributed by atoms with van der Waals surface area (Å²) in [7, 11) is 2.98. The molecule has 1 saturated heterocycles. The van der Waals surface area contributed by atoms with Crippen molar-refractivity contribution in [2.24, 2.45) is 0 Å². The minimum atomic E-state index is -0.429. The molecule has 0 saturated carbocycles. The van der Waals surface area contributed by atoms with E-state index in [0.717, 1.165) is 42.1 Å². The average molecular weight is 385 g/mol. The third-order valence-corrected chi connectivity index (χ3v) is 5.42. The Morgan fingerprint density at radius 3 is 2.52 bits per heavy atom. The van der Waals surface area contributed by atoms with Crippen molar-refractivity contribution in [2.45, 2.75) is 0 Å². The van der Waals surface area contributed by atoms with Crippen molar-refractivity contribution in [3.05, 3.63) is 35.5 Å². The van der Waals surface area contributed by atoms with Crippen LogP contribution in [0.5, 0.6) is 5.88 Å². The number of esters is 1. The van der Waals surface area contributed by atoms with Crippen LogP contribution in [0.3, 0.4) is 0 Å². The maximum absolute atomic E-state index is 11.5. The third-order valence-electron chi connectivity index (χ3n) is 4.52. The predicted octanol–water partition coefficient (Wildman–Crippen LogP) is 2.21. The highest BCUT2D eigenvalue weighted by molar-refractivity contribution is 7.17. The van der Waals surface area contributed by atoms with Crippen molar-refractivity contribution in [2.75, 3.05) is 50.2 Å². The van der Waals surface area contributed by atoms with Gasteiger partial charge in [0.2, 0.25) is 11.8 Å². The molecule has 0 aliphatic carbocycles. The van der Waals surface area contributed by atoms with Crippen molar-refractivity contribution < 1.29 is 14.3 Å². The van der Waals surface area contributed by atoms with Crippen LogP contribution in [0.2, 0.25) is 0 Å². The number of anilines is 2. The molecule has 4 heterocycles. The van der Waals surface area contributed by atoms with E-state index in [0.29, 0.717) is 17.5 Å². The Bertz CT molecular complexity index is 951. The van der Waals surface area contributed by atoms with Crippen LogP contribution in [0, 0.1) is 0 Å². The number of fused-ring (bicyclic) bond motifs is 1. The molecule has 0 N–H and O–H groups in total. The molecule has 27 heavy (non-hydrogen) atoms. The van der Waals surface area contributed by atoms with Crippen molar-refractivity contribution >= 4 is 39.2 Å². The zero-order chi connectivity index (χ0) is 18.8.